The van der Waals surface area contributed by atoms with Gasteiger partial charge in [-0.1, -0.05) is 110 Å². The molecule has 0 aromatic carbocycles. The number of carbonyl (C=O) groups is 3. The minimum atomic E-state index is -2.43. The van der Waals surface area contributed by atoms with Crippen LogP contribution in [-0.2, 0) is 28.6 Å². The maximum absolute atomic E-state index is 11.8. The number of aliphatic carboxylic acids is 1. The topological polar surface area (TPSA) is 125 Å². The number of unbranched alkanes of at least 4 members (excludes halogenated alkanes) is 14. The van der Waals surface area contributed by atoms with Gasteiger partial charge in [0.1, 0.15) is 6.10 Å². The second-order valence-electron chi connectivity index (χ2n) is 11.0. The van der Waals surface area contributed by atoms with Crippen LogP contribution in [0.15, 0.2) is 0 Å². The summed E-state index contributed by atoms with van der Waals surface area (Å²) in [5.41, 5.74) is 5.29. The number of esters is 1. The van der Waals surface area contributed by atoms with Gasteiger partial charge in [-0.25, -0.2) is 4.79 Å². The van der Waals surface area contributed by atoms with Crippen LogP contribution < -0.4 is 5.73 Å². The van der Waals surface area contributed by atoms with E-state index in [9.17, 15) is 19.5 Å². The minimum absolute atomic E-state index is 0.0178. The average Bonchev–Trinajstić information content (AvgIpc) is 3.32. The molecule has 2 saturated heterocycles. The zero-order valence-corrected chi connectivity index (χ0v) is 23.2. The van der Waals surface area contributed by atoms with Crippen LogP contribution in [0.4, 0.5) is 0 Å². The SMILES string of the molecule is CCCCCCCCCCCCCCCCCC(C[C@@H]1OC(=O)[C@H]1CC)C1CO[C@](C(N)=O)(C(=O)O)O1. The smallest absolute Gasteiger partial charge is 0.375 e. The predicted molar refractivity (Wildman–Crippen MR) is 142 cm³/mol. The largest absolute Gasteiger partial charge is 0.477 e. The molecule has 8 heteroatoms. The number of primary amides is 1. The fraction of sp³-hybridized carbons (Fsp3) is 0.897. The van der Waals surface area contributed by atoms with Gasteiger partial charge in [0.15, 0.2) is 0 Å². The maximum Gasteiger partial charge on any atom is 0.375 e. The van der Waals surface area contributed by atoms with Crippen molar-refractivity contribution in [2.24, 2.45) is 17.6 Å². The Balaban J connectivity index is 1.65. The molecule has 0 aromatic rings. The first-order valence-electron chi connectivity index (χ1n) is 14.9. The van der Waals surface area contributed by atoms with Gasteiger partial charge in [0.25, 0.3) is 5.91 Å². The van der Waals surface area contributed by atoms with Gasteiger partial charge in [-0.15, -0.1) is 0 Å². The standard InChI is InChI=1S/C29H51NO7/c1-3-5-6-7-8-9-10-11-12-13-14-15-16-17-18-19-22(20-24-23(4-2)26(31)36-24)25-21-35-29(37-25,27(30)32)28(33)34/h22-25H,3-21H2,1-2H3,(H2,30,32)(H,33,34)/t22?,23-,24-,25?,29-/m0/s1. The highest BCUT2D eigenvalue weighted by atomic mass is 16.8. The summed E-state index contributed by atoms with van der Waals surface area (Å²) in [5.74, 6) is -5.51. The Bertz CT molecular complexity index is 684. The van der Waals surface area contributed by atoms with E-state index in [0.717, 1.165) is 19.3 Å². The fourth-order valence-corrected chi connectivity index (χ4v) is 5.63. The Morgan fingerprint density at radius 3 is 1.84 bits per heavy atom. The first-order valence-corrected chi connectivity index (χ1v) is 14.9. The van der Waals surface area contributed by atoms with E-state index < -0.39 is 23.8 Å². The molecular weight excluding hydrogens is 474 g/mol. The third kappa shape index (κ3) is 9.86. The van der Waals surface area contributed by atoms with Gasteiger partial charge in [-0.2, -0.15) is 0 Å². The number of cyclic esters (lactones) is 1. The summed E-state index contributed by atoms with van der Waals surface area (Å²) in [6.45, 7) is 4.20. The lowest BCUT2D eigenvalue weighted by atomic mass is 9.82. The molecule has 2 rings (SSSR count). The van der Waals surface area contributed by atoms with Crippen molar-refractivity contribution in [3.8, 4) is 0 Å². The molecule has 214 valence electrons. The second-order valence-corrected chi connectivity index (χ2v) is 11.0. The lowest BCUT2D eigenvalue weighted by Gasteiger charge is -2.37. The van der Waals surface area contributed by atoms with Gasteiger partial charge in [0, 0.05) is 0 Å². The van der Waals surface area contributed by atoms with Crippen molar-refractivity contribution in [3.63, 3.8) is 0 Å². The van der Waals surface area contributed by atoms with Crippen molar-refractivity contribution >= 4 is 17.8 Å². The summed E-state index contributed by atoms with van der Waals surface area (Å²) in [6.07, 6.45) is 20.6. The van der Waals surface area contributed by atoms with Crippen LogP contribution >= 0.6 is 0 Å². The van der Waals surface area contributed by atoms with Gasteiger partial charge in [0.2, 0.25) is 0 Å². The zero-order valence-electron chi connectivity index (χ0n) is 23.2. The van der Waals surface area contributed by atoms with Gasteiger partial charge in [-0.3, -0.25) is 9.59 Å². The molecule has 3 N–H and O–H groups in total. The van der Waals surface area contributed by atoms with Crippen molar-refractivity contribution in [3.05, 3.63) is 0 Å². The van der Waals surface area contributed by atoms with Crippen LogP contribution in [0.5, 0.6) is 0 Å². The quantitative estimate of drug-likeness (QED) is 0.103. The molecule has 1 amide bonds. The summed E-state index contributed by atoms with van der Waals surface area (Å²) in [7, 11) is 0. The van der Waals surface area contributed by atoms with E-state index in [4.69, 9.17) is 19.9 Å². The second kappa shape index (κ2) is 17.0. The number of carbonyl (C=O) groups excluding carboxylic acids is 2. The number of nitrogens with two attached hydrogens (primary N) is 1. The third-order valence-corrected chi connectivity index (χ3v) is 8.07. The Kier molecular flexibility index (Phi) is 14.5. The molecule has 2 fully saturated rings. The molecule has 0 aromatic heterocycles. The summed E-state index contributed by atoms with van der Waals surface area (Å²) in [6, 6.07) is 0. The van der Waals surface area contributed by atoms with Crippen molar-refractivity contribution in [1.82, 2.24) is 0 Å². The summed E-state index contributed by atoms with van der Waals surface area (Å²) < 4.78 is 16.3. The van der Waals surface area contributed by atoms with Crippen molar-refractivity contribution in [2.75, 3.05) is 6.61 Å². The molecule has 0 radical (unpaired) electrons. The minimum Gasteiger partial charge on any atom is -0.477 e. The van der Waals surface area contributed by atoms with Gasteiger partial charge < -0.3 is 25.1 Å². The van der Waals surface area contributed by atoms with E-state index >= 15 is 0 Å². The molecular formula is C29H51NO7. The van der Waals surface area contributed by atoms with Crippen LogP contribution in [0, 0.1) is 11.8 Å². The van der Waals surface area contributed by atoms with E-state index in [-0.39, 0.29) is 30.5 Å². The molecule has 37 heavy (non-hydrogen) atoms. The van der Waals surface area contributed by atoms with E-state index in [1.807, 2.05) is 6.92 Å². The molecule has 2 aliphatic rings. The number of rotatable bonds is 22. The average molecular weight is 526 g/mol. The van der Waals surface area contributed by atoms with Crippen molar-refractivity contribution in [2.45, 2.75) is 147 Å². The summed E-state index contributed by atoms with van der Waals surface area (Å²) in [5, 5.41) is 9.48. The lowest BCUT2D eigenvalue weighted by Crippen LogP contribution is -2.52. The Morgan fingerprint density at radius 2 is 1.43 bits per heavy atom. The molecule has 2 aliphatic heterocycles. The molecule has 8 nitrogen and oxygen atoms in total. The molecule has 2 heterocycles. The highest BCUT2D eigenvalue weighted by Gasteiger charge is 2.56. The van der Waals surface area contributed by atoms with Gasteiger partial charge in [-0.05, 0) is 25.2 Å². The molecule has 0 bridgehead atoms. The van der Waals surface area contributed by atoms with Gasteiger partial charge in [0.05, 0.1) is 18.6 Å². The van der Waals surface area contributed by atoms with Crippen LogP contribution in [-0.4, -0.2) is 47.6 Å². The highest BCUT2D eigenvalue weighted by molar-refractivity contribution is 6.03. The Morgan fingerprint density at radius 1 is 0.919 bits per heavy atom. The maximum atomic E-state index is 11.8. The van der Waals surface area contributed by atoms with E-state index in [2.05, 4.69) is 6.92 Å². The summed E-state index contributed by atoms with van der Waals surface area (Å²) >= 11 is 0. The lowest BCUT2D eigenvalue weighted by molar-refractivity contribution is -0.208. The Labute approximate surface area is 223 Å². The third-order valence-electron chi connectivity index (χ3n) is 8.07. The van der Waals surface area contributed by atoms with Crippen LogP contribution in [0.2, 0.25) is 0 Å². The number of hydrogen-bond donors (Lipinski definition) is 2. The molecule has 0 saturated carbocycles. The first-order chi connectivity index (χ1) is 17.9. The highest BCUT2D eigenvalue weighted by Crippen LogP contribution is 2.37. The zero-order chi connectivity index (χ0) is 27.1. The van der Waals surface area contributed by atoms with Gasteiger partial charge >= 0.3 is 17.7 Å². The molecule has 0 aliphatic carbocycles. The van der Waals surface area contributed by atoms with E-state index in [0.29, 0.717) is 12.8 Å². The Hall–Kier alpha value is -1.67. The van der Waals surface area contributed by atoms with E-state index in [1.54, 1.807) is 0 Å². The first kappa shape index (κ1) is 31.5. The number of hydrogen-bond acceptors (Lipinski definition) is 6. The predicted octanol–water partition coefficient (Wildman–Crippen LogP) is 5.89. The normalized spacial score (nSPS) is 26.0. The summed E-state index contributed by atoms with van der Waals surface area (Å²) in [4.78, 5) is 35.2. The molecule has 5 atom stereocenters. The molecule has 0 spiro atoms. The number of carboxylic acids is 1. The fourth-order valence-electron chi connectivity index (χ4n) is 5.63. The number of amides is 1. The number of ether oxygens (including phenoxy) is 3. The molecule has 2 unspecified atom stereocenters. The number of carboxylic acid groups (broad SMARTS) is 1. The van der Waals surface area contributed by atoms with Crippen molar-refractivity contribution in [1.29, 1.82) is 0 Å². The van der Waals surface area contributed by atoms with Crippen LogP contribution in [0.25, 0.3) is 0 Å². The van der Waals surface area contributed by atoms with Crippen LogP contribution in [0.1, 0.15) is 129 Å². The van der Waals surface area contributed by atoms with E-state index in [1.165, 1.54) is 83.5 Å². The monoisotopic (exact) mass is 525 g/mol. The van der Waals surface area contributed by atoms with Crippen LogP contribution in [0.3, 0.4) is 0 Å². The van der Waals surface area contributed by atoms with Crippen molar-refractivity contribution < 1.29 is 33.7 Å².